The summed E-state index contributed by atoms with van der Waals surface area (Å²) in [5.41, 5.74) is 1.06. The van der Waals surface area contributed by atoms with E-state index in [1.165, 1.54) is 12.3 Å². The van der Waals surface area contributed by atoms with Crippen LogP contribution in [0.1, 0.15) is 42.2 Å². The Hall–Kier alpha value is -2.90. The van der Waals surface area contributed by atoms with Crippen molar-refractivity contribution in [3.63, 3.8) is 0 Å². The molecule has 144 valence electrons. The monoisotopic (exact) mass is 371 g/mol. The summed E-state index contributed by atoms with van der Waals surface area (Å²) in [5.74, 6) is -0.331. The van der Waals surface area contributed by atoms with Crippen molar-refractivity contribution in [2.45, 2.75) is 32.2 Å². The first-order valence-electron chi connectivity index (χ1n) is 9.08. The maximum absolute atomic E-state index is 12.6. The molecule has 27 heavy (non-hydrogen) atoms. The van der Waals surface area contributed by atoms with Gasteiger partial charge in [0, 0.05) is 37.9 Å². The number of hydrogen-bond acceptors (Lipinski definition) is 5. The van der Waals surface area contributed by atoms with Crippen molar-refractivity contribution in [3.8, 4) is 5.75 Å². The van der Waals surface area contributed by atoms with Gasteiger partial charge in [0.25, 0.3) is 5.91 Å². The molecule has 0 spiro atoms. The van der Waals surface area contributed by atoms with Crippen molar-refractivity contribution in [1.29, 1.82) is 0 Å². The number of nitrogens with one attached hydrogen (secondary N) is 2. The lowest BCUT2D eigenvalue weighted by Crippen LogP contribution is -2.47. The summed E-state index contributed by atoms with van der Waals surface area (Å²) in [6.07, 6.45) is 6.01. The van der Waals surface area contributed by atoms with Crippen LogP contribution < -0.4 is 10.6 Å². The lowest BCUT2D eigenvalue weighted by atomic mass is 10.0. The summed E-state index contributed by atoms with van der Waals surface area (Å²) >= 11 is 0. The van der Waals surface area contributed by atoms with Crippen LogP contribution in [0, 0.1) is 11.8 Å². The van der Waals surface area contributed by atoms with Crippen LogP contribution >= 0.6 is 0 Å². The first-order chi connectivity index (χ1) is 12.9. The second-order valence-corrected chi connectivity index (χ2v) is 7.34. The van der Waals surface area contributed by atoms with Crippen molar-refractivity contribution < 1.29 is 14.7 Å². The average molecular weight is 371 g/mol. The first-order valence-corrected chi connectivity index (χ1v) is 9.08. The Kier molecular flexibility index (Phi) is 5.43. The molecule has 1 saturated carbocycles. The van der Waals surface area contributed by atoms with Crippen LogP contribution in [0.2, 0.25) is 0 Å². The summed E-state index contributed by atoms with van der Waals surface area (Å²) in [6, 6.07) is 2.76. The van der Waals surface area contributed by atoms with E-state index in [-0.39, 0.29) is 47.7 Å². The molecule has 1 aliphatic carbocycles. The number of rotatable bonds is 7. The van der Waals surface area contributed by atoms with Crippen LogP contribution in [0.15, 0.2) is 30.7 Å². The highest BCUT2D eigenvalue weighted by Crippen LogP contribution is 2.47. The van der Waals surface area contributed by atoms with Gasteiger partial charge in [0.2, 0.25) is 5.91 Å². The highest BCUT2D eigenvalue weighted by atomic mass is 16.3. The Morgan fingerprint density at radius 1 is 1.41 bits per heavy atom. The van der Waals surface area contributed by atoms with Gasteiger partial charge < -0.3 is 15.7 Å². The number of nitrogens with zero attached hydrogens (tertiary/aromatic N) is 3. The molecular formula is C19H25N5O3. The third-order valence-corrected chi connectivity index (χ3v) is 4.90. The molecule has 1 fully saturated rings. The van der Waals surface area contributed by atoms with Gasteiger partial charge in [-0.3, -0.25) is 14.3 Å². The smallest absolute Gasteiger partial charge is 0.273 e. The van der Waals surface area contributed by atoms with E-state index in [2.05, 4.69) is 20.7 Å². The van der Waals surface area contributed by atoms with Gasteiger partial charge in [0.1, 0.15) is 5.75 Å². The number of hydrogen-bond donors (Lipinski definition) is 3. The number of aromatic nitrogens is 3. The molecule has 8 nitrogen and oxygen atoms in total. The van der Waals surface area contributed by atoms with Crippen molar-refractivity contribution >= 4 is 11.8 Å². The number of pyridine rings is 1. The number of aryl methyl sites for hydroxylation is 1. The molecule has 0 aliphatic heterocycles. The van der Waals surface area contributed by atoms with Crippen molar-refractivity contribution in [1.82, 2.24) is 25.4 Å². The van der Waals surface area contributed by atoms with E-state index in [1.807, 2.05) is 27.1 Å². The third-order valence-electron chi connectivity index (χ3n) is 4.90. The van der Waals surface area contributed by atoms with E-state index < -0.39 is 5.91 Å². The molecule has 2 amide bonds. The standard InChI is InChI=1S/C19H25N5O3/c1-11(2)15(9-21-19(27)17-16(25)5-4-6-20-17)23-18(26)14-7-13(14)12-8-22-24(3)10-12/h4-6,8,10-11,13-15,25H,7,9H2,1-3H3,(H,21,27)(H,23,26)/t13-,14+,15?/m0/s1. The summed E-state index contributed by atoms with van der Waals surface area (Å²) in [5, 5.41) is 19.7. The fraction of sp³-hybridized carbons (Fsp3) is 0.474. The van der Waals surface area contributed by atoms with Gasteiger partial charge in [-0.25, -0.2) is 4.98 Å². The van der Waals surface area contributed by atoms with Gasteiger partial charge in [0.05, 0.1) is 6.20 Å². The number of amides is 2. The molecule has 2 aromatic rings. The topological polar surface area (TPSA) is 109 Å². The zero-order chi connectivity index (χ0) is 19.6. The Labute approximate surface area is 158 Å². The minimum atomic E-state index is -0.465. The van der Waals surface area contributed by atoms with E-state index in [4.69, 9.17) is 0 Å². The first kappa shape index (κ1) is 18.9. The number of carbonyl (C=O) groups excluding carboxylic acids is 2. The van der Waals surface area contributed by atoms with E-state index >= 15 is 0 Å². The molecule has 0 bridgehead atoms. The highest BCUT2D eigenvalue weighted by molar-refractivity contribution is 5.94. The van der Waals surface area contributed by atoms with Crippen LogP contribution in [0.3, 0.4) is 0 Å². The van der Waals surface area contributed by atoms with Gasteiger partial charge in [-0.1, -0.05) is 13.8 Å². The molecule has 1 unspecified atom stereocenters. The fourth-order valence-electron chi connectivity index (χ4n) is 3.09. The molecule has 3 rings (SSSR count). The summed E-state index contributed by atoms with van der Waals surface area (Å²) in [4.78, 5) is 28.7. The van der Waals surface area contributed by atoms with E-state index in [1.54, 1.807) is 16.9 Å². The minimum absolute atomic E-state index is 0.00233. The highest BCUT2D eigenvalue weighted by Gasteiger charge is 2.45. The van der Waals surface area contributed by atoms with Crippen molar-refractivity contribution in [2.75, 3.05) is 6.54 Å². The Bertz CT molecular complexity index is 832. The number of aromatic hydroxyl groups is 1. The predicted octanol–water partition coefficient (Wildman–Crippen LogP) is 1.19. The van der Waals surface area contributed by atoms with Crippen LogP contribution in [0.4, 0.5) is 0 Å². The third kappa shape index (κ3) is 4.45. The molecule has 2 aromatic heterocycles. The van der Waals surface area contributed by atoms with Gasteiger partial charge in [0.15, 0.2) is 5.69 Å². The van der Waals surface area contributed by atoms with Gasteiger partial charge >= 0.3 is 0 Å². The van der Waals surface area contributed by atoms with Crippen LogP contribution in [0.5, 0.6) is 5.75 Å². The lowest BCUT2D eigenvalue weighted by molar-refractivity contribution is -0.123. The SMILES string of the molecule is CC(C)C(CNC(=O)c1ncccc1O)NC(=O)[C@@H]1C[C@H]1c1cnn(C)c1. The average Bonchev–Trinajstić information content (AvgIpc) is 3.32. The summed E-state index contributed by atoms with van der Waals surface area (Å²) in [7, 11) is 1.86. The van der Waals surface area contributed by atoms with Crippen LogP contribution in [-0.2, 0) is 11.8 Å². The molecule has 8 heteroatoms. The van der Waals surface area contributed by atoms with Gasteiger partial charge in [-0.05, 0) is 36.0 Å². The van der Waals surface area contributed by atoms with Crippen molar-refractivity contribution in [3.05, 3.63) is 42.0 Å². The zero-order valence-corrected chi connectivity index (χ0v) is 15.7. The minimum Gasteiger partial charge on any atom is -0.505 e. The zero-order valence-electron chi connectivity index (χ0n) is 15.7. The van der Waals surface area contributed by atoms with Gasteiger partial charge in [-0.2, -0.15) is 5.10 Å². The van der Waals surface area contributed by atoms with Gasteiger partial charge in [-0.15, -0.1) is 0 Å². The fourth-order valence-corrected chi connectivity index (χ4v) is 3.09. The van der Waals surface area contributed by atoms with Crippen molar-refractivity contribution in [2.24, 2.45) is 18.9 Å². The maximum atomic E-state index is 12.6. The molecule has 2 heterocycles. The van der Waals surface area contributed by atoms with E-state index in [0.717, 1.165) is 12.0 Å². The second kappa shape index (κ2) is 7.77. The quantitative estimate of drug-likeness (QED) is 0.677. The lowest BCUT2D eigenvalue weighted by Gasteiger charge is -2.23. The number of carbonyl (C=O) groups is 2. The summed E-state index contributed by atoms with van der Waals surface area (Å²) in [6.45, 7) is 4.24. The molecule has 3 atom stereocenters. The molecule has 0 aromatic carbocycles. The van der Waals surface area contributed by atoms with E-state index in [0.29, 0.717) is 0 Å². The molecule has 1 aliphatic rings. The summed E-state index contributed by atoms with van der Waals surface area (Å²) < 4.78 is 1.74. The Balaban J connectivity index is 1.54. The predicted molar refractivity (Wildman–Crippen MR) is 99.1 cm³/mol. The Morgan fingerprint density at radius 2 is 2.19 bits per heavy atom. The normalized spacial score (nSPS) is 19.6. The maximum Gasteiger partial charge on any atom is 0.273 e. The molecular weight excluding hydrogens is 346 g/mol. The van der Waals surface area contributed by atoms with Crippen LogP contribution in [-0.4, -0.2) is 44.3 Å². The second-order valence-electron chi connectivity index (χ2n) is 7.34. The molecule has 0 radical (unpaired) electrons. The largest absolute Gasteiger partial charge is 0.505 e. The molecule has 3 N–H and O–H groups in total. The van der Waals surface area contributed by atoms with E-state index in [9.17, 15) is 14.7 Å². The Morgan fingerprint density at radius 3 is 2.81 bits per heavy atom. The van der Waals surface area contributed by atoms with Crippen LogP contribution in [0.25, 0.3) is 0 Å². The molecule has 0 saturated heterocycles.